The Bertz CT molecular complexity index is 740. The molecule has 0 fully saturated rings. The van der Waals surface area contributed by atoms with Crippen molar-refractivity contribution in [2.45, 2.75) is 6.42 Å². The molecule has 26 heavy (non-hydrogen) atoms. The molecule has 0 saturated carbocycles. The molecule has 1 heterocycles. The summed E-state index contributed by atoms with van der Waals surface area (Å²) in [5.41, 5.74) is 0.841. The summed E-state index contributed by atoms with van der Waals surface area (Å²) in [6, 6.07) is 6.56. The van der Waals surface area contributed by atoms with E-state index in [-0.39, 0.29) is 11.6 Å². The number of hydrogen-bond acceptors (Lipinski definition) is 7. The molecule has 0 aliphatic heterocycles. The molecule has 0 spiro atoms. The molecule has 1 aromatic carbocycles. The topological polar surface area (TPSA) is 94.6 Å². The van der Waals surface area contributed by atoms with Crippen molar-refractivity contribution in [3.05, 3.63) is 35.0 Å². The van der Waals surface area contributed by atoms with Crippen molar-refractivity contribution in [2.75, 3.05) is 39.8 Å². The van der Waals surface area contributed by atoms with Gasteiger partial charge in [-0.25, -0.2) is 0 Å². The lowest BCUT2D eigenvalue weighted by Gasteiger charge is -2.13. The van der Waals surface area contributed by atoms with Gasteiger partial charge in [0.15, 0.2) is 11.5 Å². The molecule has 1 amide bonds. The molecule has 2 N–H and O–H groups in total. The second-order valence-corrected chi connectivity index (χ2v) is 5.63. The summed E-state index contributed by atoms with van der Waals surface area (Å²) in [7, 11) is 4.67. The van der Waals surface area contributed by atoms with Crippen molar-refractivity contribution in [2.24, 2.45) is 0 Å². The summed E-state index contributed by atoms with van der Waals surface area (Å²) < 4.78 is 15.4. The Kier molecular flexibility index (Phi) is 7.43. The average molecular weight is 381 g/mol. The fourth-order valence-corrected chi connectivity index (χ4v) is 2.36. The molecule has 0 radical (unpaired) electrons. The second-order valence-electron chi connectivity index (χ2n) is 5.22. The standard InChI is InChI=1S/C17H21ClN4O4/c1-24-8-4-7-19-17(23)12-5-6-16(22-21-12)20-13-10-14(25-2)11(18)9-15(13)26-3/h5-6,9-10H,4,7-8H2,1-3H3,(H,19,23)(H,20,22). The van der Waals surface area contributed by atoms with E-state index in [1.165, 1.54) is 14.2 Å². The fourth-order valence-electron chi connectivity index (χ4n) is 2.13. The molecule has 2 aromatic rings. The highest BCUT2D eigenvalue weighted by atomic mass is 35.5. The van der Waals surface area contributed by atoms with Crippen LogP contribution >= 0.6 is 11.6 Å². The van der Waals surface area contributed by atoms with Crippen LogP contribution in [0.5, 0.6) is 11.5 Å². The van der Waals surface area contributed by atoms with Gasteiger partial charge in [-0.05, 0) is 18.6 Å². The molecule has 1 aromatic heterocycles. The molecule has 140 valence electrons. The maximum absolute atomic E-state index is 12.0. The minimum Gasteiger partial charge on any atom is -0.495 e. The van der Waals surface area contributed by atoms with Crippen molar-refractivity contribution in [1.29, 1.82) is 0 Å². The zero-order chi connectivity index (χ0) is 18.9. The summed E-state index contributed by atoms with van der Waals surface area (Å²) in [5, 5.41) is 14.2. The first-order valence-corrected chi connectivity index (χ1v) is 8.26. The molecule has 0 saturated heterocycles. The predicted molar refractivity (Wildman–Crippen MR) is 98.7 cm³/mol. The molecule has 0 atom stereocenters. The van der Waals surface area contributed by atoms with Crippen molar-refractivity contribution in [1.82, 2.24) is 15.5 Å². The van der Waals surface area contributed by atoms with Gasteiger partial charge in [0.25, 0.3) is 5.91 Å². The van der Waals surface area contributed by atoms with Gasteiger partial charge < -0.3 is 24.8 Å². The number of aromatic nitrogens is 2. The van der Waals surface area contributed by atoms with E-state index in [0.717, 1.165) is 6.42 Å². The predicted octanol–water partition coefficient (Wildman–Crippen LogP) is 2.66. The van der Waals surface area contributed by atoms with Gasteiger partial charge in [-0.15, -0.1) is 10.2 Å². The number of ether oxygens (including phenoxy) is 3. The number of amides is 1. The maximum atomic E-state index is 12.0. The third-order valence-corrected chi connectivity index (χ3v) is 3.74. The Balaban J connectivity index is 2.06. The molecule has 9 heteroatoms. The monoisotopic (exact) mass is 380 g/mol. The first-order valence-electron chi connectivity index (χ1n) is 7.88. The summed E-state index contributed by atoms with van der Waals surface area (Å²) in [6.07, 6.45) is 0.730. The van der Waals surface area contributed by atoms with E-state index in [2.05, 4.69) is 20.8 Å². The Morgan fingerprint density at radius 2 is 1.88 bits per heavy atom. The van der Waals surface area contributed by atoms with E-state index in [0.29, 0.717) is 41.2 Å². The summed E-state index contributed by atoms with van der Waals surface area (Å²) in [6.45, 7) is 1.09. The number of rotatable bonds is 9. The third-order valence-electron chi connectivity index (χ3n) is 3.44. The maximum Gasteiger partial charge on any atom is 0.271 e. The number of methoxy groups -OCH3 is 3. The number of carbonyl (C=O) groups excluding carboxylic acids is 1. The zero-order valence-corrected chi connectivity index (χ0v) is 15.6. The number of nitrogens with one attached hydrogen (secondary N) is 2. The van der Waals surface area contributed by atoms with Crippen LogP contribution in [0.4, 0.5) is 11.5 Å². The highest BCUT2D eigenvalue weighted by Gasteiger charge is 2.12. The number of hydrogen-bond donors (Lipinski definition) is 2. The van der Waals surface area contributed by atoms with Crippen molar-refractivity contribution in [3.8, 4) is 11.5 Å². The number of halogens is 1. The van der Waals surface area contributed by atoms with Gasteiger partial charge in [-0.3, -0.25) is 4.79 Å². The van der Waals surface area contributed by atoms with E-state index in [1.54, 1.807) is 31.4 Å². The molecule has 0 unspecified atom stereocenters. The second kappa shape index (κ2) is 9.79. The first kappa shape index (κ1) is 19.7. The molecular formula is C17H21ClN4O4. The van der Waals surface area contributed by atoms with Gasteiger partial charge in [0, 0.05) is 32.4 Å². The van der Waals surface area contributed by atoms with Gasteiger partial charge in [0.2, 0.25) is 0 Å². The van der Waals surface area contributed by atoms with E-state index < -0.39 is 0 Å². The average Bonchev–Trinajstić information content (AvgIpc) is 2.66. The number of nitrogens with zero attached hydrogens (tertiary/aromatic N) is 2. The molecular weight excluding hydrogens is 360 g/mol. The Labute approximate surface area is 156 Å². The quantitative estimate of drug-likeness (QED) is 0.646. The largest absolute Gasteiger partial charge is 0.495 e. The van der Waals surface area contributed by atoms with Crippen LogP contribution in [-0.4, -0.2) is 50.6 Å². The van der Waals surface area contributed by atoms with Crippen molar-refractivity contribution in [3.63, 3.8) is 0 Å². The van der Waals surface area contributed by atoms with Crippen LogP contribution in [0.25, 0.3) is 0 Å². The van der Waals surface area contributed by atoms with E-state index >= 15 is 0 Å². The Morgan fingerprint density at radius 3 is 2.50 bits per heavy atom. The van der Waals surface area contributed by atoms with Gasteiger partial charge in [-0.2, -0.15) is 0 Å². The first-order chi connectivity index (χ1) is 12.6. The van der Waals surface area contributed by atoms with E-state index in [4.69, 9.17) is 25.8 Å². The number of carbonyl (C=O) groups is 1. The summed E-state index contributed by atoms with van der Waals surface area (Å²) >= 11 is 6.09. The van der Waals surface area contributed by atoms with Crippen LogP contribution in [0.2, 0.25) is 5.02 Å². The van der Waals surface area contributed by atoms with Crippen LogP contribution in [0.15, 0.2) is 24.3 Å². The molecule has 0 aliphatic carbocycles. The summed E-state index contributed by atoms with van der Waals surface area (Å²) in [5.74, 6) is 1.18. The Hall–Kier alpha value is -2.58. The molecule has 2 rings (SSSR count). The highest BCUT2D eigenvalue weighted by molar-refractivity contribution is 6.32. The number of anilines is 2. The van der Waals surface area contributed by atoms with E-state index in [1.807, 2.05) is 0 Å². The summed E-state index contributed by atoms with van der Waals surface area (Å²) in [4.78, 5) is 12.0. The zero-order valence-electron chi connectivity index (χ0n) is 14.8. The Morgan fingerprint density at radius 1 is 1.12 bits per heavy atom. The molecule has 8 nitrogen and oxygen atoms in total. The van der Waals surface area contributed by atoms with E-state index in [9.17, 15) is 4.79 Å². The van der Waals surface area contributed by atoms with Gasteiger partial charge >= 0.3 is 0 Å². The van der Waals surface area contributed by atoms with Gasteiger partial charge in [-0.1, -0.05) is 11.6 Å². The normalized spacial score (nSPS) is 10.3. The lowest BCUT2D eigenvalue weighted by molar-refractivity contribution is 0.0942. The lowest BCUT2D eigenvalue weighted by atomic mass is 10.2. The van der Waals surface area contributed by atoms with Gasteiger partial charge in [0.1, 0.15) is 11.5 Å². The van der Waals surface area contributed by atoms with Crippen LogP contribution in [0.1, 0.15) is 16.9 Å². The SMILES string of the molecule is COCCCNC(=O)c1ccc(Nc2cc(OC)c(Cl)cc2OC)nn1. The lowest BCUT2D eigenvalue weighted by Crippen LogP contribution is -2.26. The minimum atomic E-state index is -0.286. The highest BCUT2D eigenvalue weighted by Crippen LogP contribution is 2.36. The minimum absolute atomic E-state index is 0.230. The molecule has 0 bridgehead atoms. The van der Waals surface area contributed by atoms with Crippen LogP contribution in [0, 0.1) is 0 Å². The van der Waals surface area contributed by atoms with Crippen molar-refractivity contribution < 1.29 is 19.0 Å². The van der Waals surface area contributed by atoms with Crippen LogP contribution in [-0.2, 0) is 4.74 Å². The van der Waals surface area contributed by atoms with Crippen LogP contribution in [0.3, 0.4) is 0 Å². The smallest absolute Gasteiger partial charge is 0.271 e. The van der Waals surface area contributed by atoms with Crippen molar-refractivity contribution >= 4 is 29.0 Å². The fraction of sp³-hybridized carbons (Fsp3) is 0.353. The number of benzene rings is 1. The van der Waals surface area contributed by atoms with Gasteiger partial charge in [0.05, 0.1) is 24.9 Å². The third kappa shape index (κ3) is 5.21. The van der Waals surface area contributed by atoms with Crippen LogP contribution < -0.4 is 20.1 Å². The molecule has 0 aliphatic rings.